The predicted octanol–water partition coefficient (Wildman–Crippen LogP) is 3.82. The molecule has 1 radical (unpaired) electrons. The highest BCUT2D eigenvalue weighted by atomic mass is 14.2. The lowest BCUT2D eigenvalue weighted by atomic mass is 9.85. The summed E-state index contributed by atoms with van der Waals surface area (Å²) in [5.74, 6) is 1.82. The topological polar surface area (TPSA) is 0 Å². The summed E-state index contributed by atoms with van der Waals surface area (Å²) in [5, 5.41) is 0. The molecule has 0 atom stereocenters. The van der Waals surface area contributed by atoms with E-state index in [4.69, 9.17) is 0 Å². The fourth-order valence-corrected chi connectivity index (χ4v) is 1.89. The fourth-order valence-electron chi connectivity index (χ4n) is 1.89. The van der Waals surface area contributed by atoms with E-state index in [1.165, 1.54) is 38.5 Å². The van der Waals surface area contributed by atoms with Crippen LogP contribution in [0.2, 0.25) is 0 Å². The van der Waals surface area contributed by atoms with Crippen molar-refractivity contribution in [3.05, 3.63) is 6.42 Å². The molecule has 0 saturated heterocycles. The molecule has 0 aromatic carbocycles. The second kappa shape index (κ2) is 4.79. The number of hydrogen-bond acceptors (Lipinski definition) is 0. The zero-order chi connectivity index (χ0) is 8.10. The van der Waals surface area contributed by atoms with Gasteiger partial charge in [0.1, 0.15) is 0 Å². The maximum Gasteiger partial charge on any atom is -0.0358 e. The zero-order valence-corrected chi connectivity index (χ0v) is 7.97. The van der Waals surface area contributed by atoms with Crippen LogP contribution in [0, 0.1) is 18.3 Å². The third-order valence-corrected chi connectivity index (χ3v) is 2.67. The van der Waals surface area contributed by atoms with E-state index in [2.05, 4.69) is 20.3 Å². The summed E-state index contributed by atoms with van der Waals surface area (Å²) in [6.45, 7) is 4.56. The van der Waals surface area contributed by atoms with Gasteiger partial charge in [0.25, 0.3) is 0 Å². The summed E-state index contributed by atoms with van der Waals surface area (Å²) in [4.78, 5) is 0. The molecule has 0 aromatic rings. The van der Waals surface area contributed by atoms with Crippen LogP contribution in [0.25, 0.3) is 0 Å². The van der Waals surface area contributed by atoms with Crippen LogP contribution in [-0.4, -0.2) is 0 Å². The van der Waals surface area contributed by atoms with Crippen LogP contribution in [-0.2, 0) is 0 Å². The molecule has 65 valence electrons. The van der Waals surface area contributed by atoms with Gasteiger partial charge in [-0.25, -0.2) is 0 Å². The molecule has 0 spiro atoms. The maximum atomic E-state index is 2.48. The van der Waals surface area contributed by atoms with Gasteiger partial charge in [-0.15, -0.1) is 0 Å². The third kappa shape index (κ3) is 3.79. The lowest BCUT2D eigenvalue weighted by molar-refractivity contribution is 0.347. The van der Waals surface area contributed by atoms with Crippen molar-refractivity contribution in [1.82, 2.24) is 0 Å². The largest absolute Gasteiger partial charge is 0.0625 e. The van der Waals surface area contributed by atoms with Gasteiger partial charge >= 0.3 is 0 Å². The maximum absolute atomic E-state index is 2.48. The Bertz CT molecular complexity index is 88.2. The van der Waals surface area contributed by atoms with Gasteiger partial charge in [0.15, 0.2) is 0 Å². The molecule has 0 unspecified atom stereocenters. The van der Waals surface area contributed by atoms with Crippen molar-refractivity contribution >= 4 is 0 Å². The zero-order valence-electron chi connectivity index (χ0n) is 7.97. The Morgan fingerprint density at radius 1 is 1.18 bits per heavy atom. The van der Waals surface area contributed by atoms with Gasteiger partial charge in [-0.05, 0) is 24.7 Å². The average Bonchev–Trinajstić information content (AvgIpc) is 2.03. The number of rotatable bonds is 3. The van der Waals surface area contributed by atoms with E-state index in [9.17, 15) is 0 Å². The highest BCUT2D eigenvalue weighted by molar-refractivity contribution is 4.76. The van der Waals surface area contributed by atoms with Crippen molar-refractivity contribution in [1.29, 1.82) is 0 Å². The SMILES string of the molecule is CC(C)[CH]CC1CCCCC1. The summed E-state index contributed by atoms with van der Waals surface area (Å²) in [5.41, 5.74) is 0. The van der Waals surface area contributed by atoms with Crippen LogP contribution < -0.4 is 0 Å². The first kappa shape index (κ1) is 9.09. The first-order chi connectivity index (χ1) is 5.29. The molecule has 1 aliphatic rings. The molecule has 11 heavy (non-hydrogen) atoms. The summed E-state index contributed by atoms with van der Waals surface area (Å²) >= 11 is 0. The van der Waals surface area contributed by atoms with Gasteiger partial charge in [-0.3, -0.25) is 0 Å². The van der Waals surface area contributed by atoms with Crippen LogP contribution in [0.4, 0.5) is 0 Å². The van der Waals surface area contributed by atoms with E-state index >= 15 is 0 Å². The molecule has 0 heteroatoms. The van der Waals surface area contributed by atoms with Gasteiger partial charge in [0.2, 0.25) is 0 Å². The van der Waals surface area contributed by atoms with Gasteiger partial charge < -0.3 is 0 Å². The van der Waals surface area contributed by atoms with Crippen molar-refractivity contribution in [3.8, 4) is 0 Å². The van der Waals surface area contributed by atoms with Crippen LogP contribution in [0.1, 0.15) is 52.4 Å². The van der Waals surface area contributed by atoms with E-state index in [1.54, 1.807) is 0 Å². The lowest BCUT2D eigenvalue weighted by Gasteiger charge is -2.21. The molecule has 1 saturated carbocycles. The van der Waals surface area contributed by atoms with E-state index in [-0.39, 0.29) is 0 Å². The smallest absolute Gasteiger partial charge is 0.0358 e. The van der Waals surface area contributed by atoms with Crippen LogP contribution in [0.15, 0.2) is 0 Å². The monoisotopic (exact) mass is 153 g/mol. The van der Waals surface area contributed by atoms with Crippen molar-refractivity contribution in [2.75, 3.05) is 0 Å². The standard InChI is InChI=1S/C11H21/c1-10(2)8-9-11-6-4-3-5-7-11/h8,10-11H,3-7,9H2,1-2H3. The minimum Gasteiger partial charge on any atom is -0.0625 e. The number of hydrogen-bond donors (Lipinski definition) is 0. The molecular formula is C11H21. The van der Waals surface area contributed by atoms with E-state index in [1.807, 2.05) is 0 Å². The molecular weight excluding hydrogens is 132 g/mol. The summed E-state index contributed by atoms with van der Waals surface area (Å²) in [6.07, 6.45) is 11.3. The average molecular weight is 153 g/mol. The minimum atomic E-state index is 0.789. The second-order valence-electron chi connectivity index (χ2n) is 4.22. The molecule has 0 heterocycles. The molecule has 0 nitrogen and oxygen atoms in total. The van der Waals surface area contributed by atoms with E-state index in [0.717, 1.165) is 11.8 Å². The minimum absolute atomic E-state index is 0.789. The molecule has 1 rings (SSSR count). The van der Waals surface area contributed by atoms with Crippen molar-refractivity contribution < 1.29 is 0 Å². The van der Waals surface area contributed by atoms with Crippen molar-refractivity contribution in [2.24, 2.45) is 11.8 Å². The van der Waals surface area contributed by atoms with Crippen LogP contribution in [0.5, 0.6) is 0 Å². The Labute approximate surface area is 71.4 Å². The lowest BCUT2D eigenvalue weighted by Crippen LogP contribution is -2.07. The van der Waals surface area contributed by atoms with Crippen molar-refractivity contribution in [3.63, 3.8) is 0 Å². The van der Waals surface area contributed by atoms with Crippen LogP contribution in [0.3, 0.4) is 0 Å². The second-order valence-corrected chi connectivity index (χ2v) is 4.22. The third-order valence-electron chi connectivity index (χ3n) is 2.67. The molecule has 0 aromatic heterocycles. The molecule has 1 aliphatic carbocycles. The van der Waals surface area contributed by atoms with Gasteiger partial charge in [-0.1, -0.05) is 46.0 Å². The Morgan fingerprint density at radius 3 is 2.36 bits per heavy atom. The Morgan fingerprint density at radius 2 is 1.82 bits per heavy atom. The van der Waals surface area contributed by atoms with Crippen LogP contribution >= 0.6 is 0 Å². The van der Waals surface area contributed by atoms with Gasteiger partial charge in [-0.2, -0.15) is 0 Å². The quantitative estimate of drug-likeness (QED) is 0.578. The Balaban J connectivity index is 2.05. The molecule has 1 fully saturated rings. The normalized spacial score (nSPS) is 21.0. The fraction of sp³-hybridized carbons (Fsp3) is 0.909. The summed E-state index contributed by atoms with van der Waals surface area (Å²) < 4.78 is 0. The van der Waals surface area contributed by atoms with Crippen molar-refractivity contribution in [2.45, 2.75) is 52.4 Å². The van der Waals surface area contributed by atoms with Gasteiger partial charge in [0, 0.05) is 0 Å². The predicted molar refractivity (Wildman–Crippen MR) is 50.3 cm³/mol. The first-order valence-electron chi connectivity index (χ1n) is 5.12. The Hall–Kier alpha value is 0. The van der Waals surface area contributed by atoms with E-state index < -0.39 is 0 Å². The highest BCUT2D eigenvalue weighted by Gasteiger charge is 2.13. The summed E-state index contributed by atoms with van der Waals surface area (Å²) in [7, 11) is 0. The molecule has 0 amide bonds. The highest BCUT2D eigenvalue weighted by Crippen LogP contribution is 2.27. The molecule has 0 aliphatic heterocycles. The first-order valence-corrected chi connectivity index (χ1v) is 5.12. The Kier molecular flexibility index (Phi) is 3.96. The van der Waals surface area contributed by atoms with E-state index in [0.29, 0.717) is 0 Å². The van der Waals surface area contributed by atoms with Gasteiger partial charge in [0.05, 0.1) is 0 Å². The molecule has 0 bridgehead atoms. The molecule has 0 N–H and O–H groups in total. The summed E-state index contributed by atoms with van der Waals surface area (Å²) in [6, 6.07) is 0.